The number of fused-ring (bicyclic) bond motifs is 2. The topological polar surface area (TPSA) is 80.7 Å². The fraction of sp³-hybridized carbons (Fsp3) is 0.0938. The third kappa shape index (κ3) is 4.09. The molecule has 6 aromatic rings. The molecule has 39 heavy (non-hydrogen) atoms. The average molecular weight is 511 g/mol. The molecule has 4 heterocycles. The molecule has 7 rings (SSSR count). The molecule has 0 saturated carbocycles. The van der Waals surface area contributed by atoms with Crippen molar-refractivity contribution in [2.24, 2.45) is 0 Å². The highest BCUT2D eigenvalue weighted by Crippen LogP contribution is 2.44. The fourth-order valence-corrected chi connectivity index (χ4v) is 5.45. The number of allylic oxidation sites excluding steroid dienone is 1. The summed E-state index contributed by atoms with van der Waals surface area (Å²) in [6.07, 6.45) is 3.74. The third-order valence-electron chi connectivity index (χ3n) is 7.18. The van der Waals surface area contributed by atoms with Crippen molar-refractivity contribution in [2.75, 3.05) is 12.4 Å². The second-order valence-corrected chi connectivity index (χ2v) is 9.51. The van der Waals surface area contributed by atoms with Crippen LogP contribution in [-0.4, -0.2) is 32.1 Å². The summed E-state index contributed by atoms with van der Waals surface area (Å²) in [5.74, 6) is 0.817. The molecule has 1 unspecified atom stereocenters. The monoisotopic (exact) mass is 510 g/mol. The Hall–Kier alpha value is -5.01. The number of methoxy groups -OCH3 is 1. The predicted octanol–water partition coefficient (Wildman–Crippen LogP) is 6.71. The molecule has 0 amide bonds. The zero-order valence-corrected chi connectivity index (χ0v) is 21.4. The first-order valence-electron chi connectivity index (χ1n) is 12.9. The number of anilines is 1. The fourth-order valence-electron chi connectivity index (χ4n) is 5.45. The lowest BCUT2D eigenvalue weighted by Gasteiger charge is -2.30. The molecular formula is C32H26N6O. The molecule has 7 heteroatoms. The van der Waals surface area contributed by atoms with Gasteiger partial charge in [0.1, 0.15) is 11.5 Å². The van der Waals surface area contributed by atoms with Gasteiger partial charge in [0.15, 0.2) is 6.23 Å². The van der Waals surface area contributed by atoms with Crippen LogP contribution in [0.3, 0.4) is 0 Å². The van der Waals surface area contributed by atoms with Crippen molar-refractivity contribution in [1.29, 1.82) is 0 Å². The van der Waals surface area contributed by atoms with Gasteiger partial charge in [0, 0.05) is 53.6 Å². The highest BCUT2D eigenvalue weighted by molar-refractivity contribution is 5.88. The average Bonchev–Trinajstić information content (AvgIpc) is 3.65. The molecule has 0 spiro atoms. The first-order valence-corrected chi connectivity index (χ1v) is 12.9. The maximum atomic E-state index is 6.25. The van der Waals surface area contributed by atoms with Gasteiger partial charge in [-0.15, -0.1) is 0 Å². The minimum absolute atomic E-state index is 0.451. The minimum Gasteiger partial charge on any atom is -0.355 e. The number of hydrogen-bond acceptors (Lipinski definition) is 5. The van der Waals surface area contributed by atoms with Crippen LogP contribution in [0.15, 0.2) is 115 Å². The van der Waals surface area contributed by atoms with Gasteiger partial charge in [-0.3, -0.25) is 10.1 Å². The van der Waals surface area contributed by atoms with Gasteiger partial charge >= 0.3 is 0 Å². The van der Waals surface area contributed by atoms with Crippen LogP contribution in [-0.2, 0) is 11.2 Å². The van der Waals surface area contributed by atoms with E-state index in [1.165, 1.54) is 0 Å². The van der Waals surface area contributed by atoms with Crippen molar-refractivity contribution in [1.82, 2.24) is 25.0 Å². The number of H-pyrrole nitrogens is 1. The highest BCUT2D eigenvalue weighted by atomic mass is 16.5. The molecule has 1 aliphatic heterocycles. The zero-order chi connectivity index (χ0) is 26.2. The molecule has 0 radical (unpaired) electrons. The summed E-state index contributed by atoms with van der Waals surface area (Å²) in [7, 11) is 1.74. The normalized spacial score (nSPS) is 14.9. The van der Waals surface area contributed by atoms with Gasteiger partial charge < -0.3 is 10.1 Å². The Morgan fingerprint density at radius 2 is 1.64 bits per heavy atom. The van der Waals surface area contributed by atoms with Crippen LogP contribution in [0.2, 0.25) is 0 Å². The van der Waals surface area contributed by atoms with Crippen LogP contribution >= 0.6 is 0 Å². The molecule has 3 aromatic carbocycles. The van der Waals surface area contributed by atoms with E-state index in [1.54, 1.807) is 13.3 Å². The van der Waals surface area contributed by atoms with Crippen LogP contribution in [0, 0.1) is 0 Å². The second kappa shape index (κ2) is 9.70. The number of nitrogens with one attached hydrogen (secondary N) is 2. The molecule has 1 atom stereocenters. The van der Waals surface area contributed by atoms with Gasteiger partial charge in [-0.2, -0.15) is 10.2 Å². The molecule has 0 fully saturated rings. The molecule has 3 aromatic heterocycles. The Labute approximate surface area is 225 Å². The Bertz CT molecular complexity index is 1790. The lowest BCUT2D eigenvalue weighted by molar-refractivity contribution is 0.0780. The Balaban J connectivity index is 1.47. The number of rotatable bonds is 6. The molecule has 1 aliphatic rings. The van der Waals surface area contributed by atoms with Crippen LogP contribution in [0.25, 0.3) is 38.9 Å². The number of nitrogens with zero attached hydrogens (tertiary/aromatic N) is 4. The van der Waals surface area contributed by atoms with Gasteiger partial charge in [-0.05, 0) is 29.3 Å². The molecule has 190 valence electrons. The smallest absolute Gasteiger partial charge is 0.178 e. The zero-order valence-electron chi connectivity index (χ0n) is 21.4. The summed E-state index contributed by atoms with van der Waals surface area (Å²) >= 11 is 0. The molecule has 2 N–H and O–H groups in total. The van der Waals surface area contributed by atoms with Gasteiger partial charge in [0.2, 0.25) is 0 Å². The van der Waals surface area contributed by atoms with Gasteiger partial charge in [0.05, 0.1) is 17.4 Å². The standard InChI is InChI=1S/C32H26N6O/c1-39-32-29(24-14-15-25-23(19-24)13-8-17-33-25)26(35-28-16-18-34-36-28)20-27-30(21-9-4-2-5-10-21)31(37-38(27)32)22-11-6-3-7-12-22/h2-19,32H,20H2,1H3,(H2,34,35,36). The van der Waals surface area contributed by atoms with Crippen LogP contribution in [0.4, 0.5) is 5.82 Å². The summed E-state index contributed by atoms with van der Waals surface area (Å²) < 4.78 is 8.29. The summed E-state index contributed by atoms with van der Waals surface area (Å²) in [6, 6.07) is 33.1. The number of aromatic nitrogens is 5. The maximum Gasteiger partial charge on any atom is 0.178 e. The van der Waals surface area contributed by atoms with Gasteiger partial charge in [-0.25, -0.2) is 4.68 Å². The number of ether oxygens (including phenoxy) is 1. The van der Waals surface area contributed by atoms with Crippen molar-refractivity contribution in [3.05, 3.63) is 126 Å². The van der Waals surface area contributed by atoms with Crippen molar-refractivity contribution >= 4 is 22.3 Å². The molecule has 0 aliphatic carbocycles. The maximum absolute atomic E-state index is 6.25. The molecule has 0 bridgehead atoms. The van der Waals surface area contributed by atoms with Crippen molar-refractivity contribution < 1.29 is 4.74 Å². The predicted molar refractivity (Wildman–Crippen MR) is 154 cm³/mol. The highest BCUT2D eigenvalue weighted by Gasteiger charge is 2.34. The van der Waals surface area contributed by atoms with E-state index in [-0.39, 0.29) is 0 Å². The van der Waals surface area contributed by atoms with Crippen molar-refractivity contribution in [3.63, 3.8) is 0 Å². The van der Waals surface area contributed by atoms with E-state index in [9.17, 15) is 0 Å². The summed E-state index contributed by atoms with van der Waals surface area (Å²) in [5, 5.41) is 17.1. The van der Waals surface area contributed by atoms with E-state index in [1.807, 2.05) is 47.3 Å². The second-order valence-electron chi connectivity index (χ2n) is 9.51. The summed E-state index contributed by atoms with van der Waals surface area (Å²) in [6.45, 7) is 0. The molecular weight excluding hydrogens is 484 g/mol. The Morgan fingerprint density at radius 3 is 2.38 bits per heavy atom. The summed E-state index contributed by atoms with van der Waals surface area (Å²) in [5.41, 5.74) is 9.35. The van der Waals surface area contributed by atoms with Crippen molar-refractivity contribution in [2.45, 2.75) is 12.6 Å². The first-order chi connectivity index (χ1) is 19.3. The molecule has 7 nitrogen and oxygen atoms in total. The SMILES string of the molecule is COC1C(c2ccc3ncccc3c2)=C(Nc2ccn[nH]2)Cc2c(-c3ccccc3)c(-c3ccccc3)nn21. The van der Waals surface area contributed by atoms with E-state index in [0.29, 0.717) is 6.42 Å². The lowest BCUT2D eigenvalue weighted by Crippen LogP contribution is -2.26. The number of benzene rings is 3. The minimum atomic E-state index is -0.451. The quantitative estimate of drug-likeness (QED) is 0.260. The number of aromatic amines is 1. The van der Waals surface area contributed by atoms with Gasteiger partial charge in [-0.1, -0.05) is 72.8 Å². The third-order valence-corrected chi connectivity index (χ3v) is 7.18. The molecule has 0 saturated heterocycles. The van der Waals surface area contributed by atoms with Crippen molar-refractivity contribution in [3.8, 4) is 22.4 Å². The Kier molecular flexibility index (Phi) is 5.75. The van der Waals surface area contributed by atoms with Crippen LogP contribution in [0.1, 0.15) is 17.5 Å². The number of pyridine rings is 1. The van der Waals surface area contributed by atoms with Crippen LogP contribution < -0.4 is 5.32 Å². The van der Waals surface area contributed by atoms with Crippen LogP contribution in [0.5, 0.6) is 0 Å². The first kappa shape index (κ1) is 23.1. The Morgan fingerprint density at radius 1 is 0.846 bits per heavy atom. The van der Waals surface area contributed by atoms with E-state index in [2.05, 4.69) is 81.2 Å². The largest absolute Gasteiger partial charge is 0.355 e. The van der Waals surface area contributed by atoms with E-state index in [0.717, 1.165) is 61.6 Å². The van der Waals surface area contributed by atoms with E-state index >= 15 is 0 Å². The lowest BCUT2D eigenvalue weighted by atomic mass is 9.91. The van der Waals surface area contributed by atoms with Gasteiger partial charge in [0.25, 0.3) is 0 Å². The number of hydrogen-bond donors (Lipinski definition) is 2. The summed E-state index contributed by atoms with van der Waals surface area (Å²) in [4.78, 5) is 4.51. The van der Waals surface area contributed by atoms with E-state index in [4.69, 9.17) is 9.84 Å². The van der Waals surface area contributed by atoms with E-state index < -0.39 is 6.23 Å².